The van der Waals surface area contributed by atoms with Crippen molar-refractivity contribution in [1.29, 1.82) is 0 Å². The van der Waals surface area contributed by atoms with Gasteiger partial charge < -0.3 is 4.74 Å². The van der Waals surface area contributed by atoms with Gasteiger partial charge in [-0.3, -0.25) is 0 Å². The van der Waals surface area contributed by atoms with E-state index in [0.29, 0.717) is 17.4 Å². The molecule has 2 unspecified atom stereocenters. The minimum Gasteiger partial charge on any atom is -0.483 e. The van der Waals surface area contributed by atoms with Crippen LogP contribution in [0.5, 0.6) is 5.75 Å². The quantitative estimate of drug-likeness (QED) is 0.792. The van der Waals surface area contributed by atoms with Gasteiger partial charge >= 0.3 is 0 Å². The van der Waals surface area contributed by atoms with E-state index >= 15 is 0 Å². The second-order valence-electron chi connectivity index (χ2n) is 8.11. The number of hydrogen-bond acceptors (Lipinski definition) is 3. The maximum absolute atomic E-state index is 13.3. The molecular weight excluding hydrogens is 334 g/mol. The van der Waals surface area contributed by atoms with Gasteiger partial charge in [-0.15, -0.1) is 0 Å². The SMILES string of the molecule is CC1(C)C=Cc2cc(S(=O)(=O)N3CCCC4CCCCC43)ccc2O1. The van der Waals surface area contributed by atoms with Crippen molar-refractivity contribution in [2.45, 2.75) is 68.9 Å². The van der Waals surface area contributed by atoms with E-state index in [9.17, 15) is 8.42 Å². The summed E-state index contributed by atoms with van der Waals surface area (Å²) in [7, 11) is -3.45. The van der Waals surface area contributed by atoms with E-state index in [1.807, 2.05) is 26.0 Å². The minimum atomic E-state index is -3.45. The predicted octanol–water partition coefficient (Wildman–Crippen LogP) is 4.21. The van der Waals surface area contributed by atoms with E-state index in [1.54, 1.807) is 22.5 Å². The van der Waals surface area contributed by atoms with Crippen molar-refractivity contribution in [1.82, 2.24) is 4.31 Å². The Morgan fingerprint density at radius 2 is 1.88 bits per heavy atom. The summed E-state index contributed by atoms with van der Waals surface area (Å²) in [6.07, 6.45) is 10.7. The van der Waals surface area contributed by atoms with Crippen molar-refractivity contribution in [3.05, 3.63) is 29.8 Å². The molecular formula is C20H27NO3S. The van der Waals surface area contributed by atoms with Crippen LogP contribution in [0, 0.1) is 5.92 Å². The minimum absolute atomic E-state index is 0.189. The van der Waals surface area contributed by atoms with Crippen LogP contribution >= 0.6 is 0 Å². The Labute approximate surface area is 150 Å². The lowest BCUT2D eigenvalue weighted by Crippen LogP contribution is -2.49. The molecule has 25 heavy (non-hydrogen) atoms. The number of piperidine rings is 1. The molecule has 1 aromatic carbocycles. The van der Waals surface area contributed by atoms with Gasteiger partial charge in [0.25, 0.3) is 0 Å². The average Bonchev–Trinajstić information content (AvgIpc) is 2.60. The number of fused-ring (bicyclic) bond motifs is 2. The van der Waals surface area contributed by atoms with E-state index in [4.69, 9.17) is 4.74 Å². The smallest absolute Gasteiger partial charge is 0.243 e. The zero-order valence-corrected chi connectivity index (χ0v) is 15.9. The van der Waals surface area contributed by atoms with Crippen LogP contribution in [0.25, 0.3) is 6.08 Å². The fourth-order valence-corrected chi connectivity index (χ4v) is 6.32. The molecule has 2 atom stereocenters. The fraction of sp³-hybridized carbons (Fsp3) is 0.600. The highest BCUT2D eigenvalue weighted by Gasteiger charge is 2.40. The molecule has 2 fully saturated rings. The number of rotatable bonds is 2. The highest BCUT2D eigenvalue weighted by Crippen LogP contribution is 2.39. The maximum Gasteiger partial charge on any atom is 0.243 e. The van der Waals surface area contributed by atoms with Crippen molar-refractivity contribution in [2.24, 2.45) is 5.92 Å². The van der Waals surface area contributed by atoms with Crippen LogP contribution in [0.15, 0.2) is 29.2 Å². The fourth-order valence-electron chi connectivity index (χ4n) is 4.53. The number of nitrogens with zero attached hydrogens (tertiary/aromatic N) is 1. The van der Waals surface area contributed by atoms with Crippen molar-refractivity contribution in [3.8, 4) is 5.75 Å². The largest absolute Gasteiger partial charge is 0.483 e. The van der Waals surface area contributed by atoms with Gasteiger partial charge in [-0.25, -0.2) is 8.42 Å². The van der Waals surface area contributed by atoms with Crippen LogP contribution < -0.4 is 4.74 Å². The van der Waals surface area contributed by atoms with Crippen LogP contribution in [0.1, 0.15) is 57.9 Å². The predicted molar refractivity (Wildman–Crippen MR) is 99.1 cm³/mol. The lowest BCUT2D eigenvalue weighted by molar-refractivity contribution is 0.129. The molecule has 2 heterocycles. The Balaban J connectivity index is 1.66. The van der Waals surface area contributed by atoms with Gasteiger partial charge in [-0.05, 0) is 69.7 Å². The lowest BCUT2D eigenvalue weighted by atomic mass is 9.79. The Morgan fingerprint density at radius 1 is 1.12 bits per heavy atom. The van der Waals surface area contributed by atoms with Gasteiger partial charge in [-0.2, -0.15) is 4.31 Å². The number of benzene rings is 1. The van der Waals surface area contributed by atoms with Crippen molar-refractivity contribution >= 4 is 16.1 Å². The summed E-state index contributed by atoms with van der Waals surface area (Å²) in [5.74, 6) is 1.29. The molecule has 1 aliphatic carbocycles. The highest BCUT2D eigenvalue weighted by atomic mass is 32.2. The zero-order valence-electron chi connectivity index (χ0n) is 15.1. The van der Waals surface area contributed by atoms with E-state index in [2.05, 4.69) is 0 Å². The second kappa shape index (κ2) is 6.13. The van der Waals surface area contributed by atoms with Crippen molar-refractivity contribution < 1.29 is 13.2 Å². The normalized spacial score (nSPS) is 28.7. The van der Waals surface area contributed by atoms with E-state index in [-0.39, 0.29) is 11.6 Å². The Bertz CT molecular complexity index is 795. The van der Waals surface area contributed by atoms with Gasteiger partial charge in [0.15, 0.2) is 0 Å². The number of hydrogen-bond donors (Lipinski definition) is 0. The summed E-state index contributed by atoms with van der Waals surface area (Å²) in [5.41, 5.74) is 0.493. The van der Waals surface area contributed by atoms with Crippen LogP contribution in [-0.4, -0.2) is 30.9 Å². The summed E-state index contributed by atoms with van der Waals surface area (Å²) >= 11 is 0. The molecule has 0 spiro atoms. The third-order valence-electron chi connectivity index (χ3n) is 5.82. The molecule has 0 bridgehead atoms. The van der Waals surface area contributed by atoms with Crippen LogP contribution in [0.3, 0.4) is 0 Å². The number of sulfonamides is 1. The van der Waals surface area contributed by atoms with Crippen LogP contribution in [0.4, 0.5) is 0 Å². The Morgan fingerprint density at radius 3 is 2.72 bits per heavy atom. The van der Waals surface area contributed by atoms with Gasteiger partial charge in [0.2, 0.25) is 10.0 Å². The number of ether oxygens (including phenoxy) is 1. The first-order valence-corrected chi connectivity index (χ1v) is 10.8. The standard InChI is InChI=1S/C20H27NO3S/c1-20(2)12-11-16-14-17(9-10-19(16)24-20)25(22,23)21-13-5-7-15-6-3-4-8-18(15)21/h9-12,14-15,18H,3-8,13H2,1-2H3. The molecule has 0 N–H and O–H groups in total. The molecule has 4 rings (SSSR count). The topological polar surface area (TPSA) is 46.6 Å². The second-order valence-corrected chi connectivity index (χ2v) is 10.00. The molecule has 0 radical (unpaired) electrons. The summed E-state index contributed by atoms with van der Waals surface area (Å²) in [6, 6.07) is 5.46. The average molecular weight is 362 g/mol. The molecule has 1 saturated heterocycles. The molecule has 2 aliphatic heterocycles. The monoisotopic (exact) mass is 361 g/mol. The first kappa shape index (κ1) is 17.1. The third kappa shape index (κ3) is 3.13. The Hall–Kier alpha value is -1.33. The van der Waals surface area contributed by atoms with Gasteiger partial charge in [0.05, 0.1) is 4.90 Å². The van der Waals surface area contributed by atoms with Crippen LogP contribution in [-0.2, 0) is 10.0 Å². The molecule has 5 heteroatoms. The molecule has 1 aromatic rings. The van der Waals surface area contributed by atoms with Gasteiger partial charge in [0, 0.05) is 18.2 Å². The van der Waals surface area contributed by atoms with Gasteiger partial charge in [0.1, 0.15) is 11.4 Å². The van der Waals surface area contributed by atoms with E-state index < -0.39 is 10.0 Å². The molecule has 4 nitrogen and oxygen atoms in total. The third-order valence-corrected chi connectivity index (χ3v) is 7.74. The van der Waals surface area contributed by atoms with Crippen molar-refractivity contribution in [2.75, 3.05) is 6.54 Å². The lowest BCUT2D eigenvalue weighted by Gasteiger charge is -2.43. The molecule has 0 aromatic heterocycles. The Kier molecular flexibility index (Phi) is 4.19. The first-order chi connectivity index (χ1) is 11.9. The van der Waals surface area contributed by atoms with E-state index in [1.165, 1.54) is 19.3 Å². The molecule has 1 saturated carbocycles. The summed E-state index contributed by atoms with van der Waals surface area (Å²) in [4.78, 5) is 0.394. The summed E-state index contributed by atoms with van der Waals surface area (Å²) in [5, 5.41) is 0. The maximum atomic E-state index is 13.3. The van der Waals surface area contributed by atoms with Gasteiger partial charge in [-0.1, -0.05) is 18.9 Å². The van der Waals surface area contributed by atoms with Crippen LogP contribution in [0.2, 0.25) is 0 Å². The summed E-state index contributed by atoms with van der Waals surface area (Å²) in [6.45, 7) is 4.64. The van der Waals surface area contributed by atoms with E-state index in [0.717, 1.165) is 30.6 Å². The highest BCUT2D eigenvalue weighted by molar-refractivity contribution is 7.89. The zero-order chi connectivity index (χ0) is 17.7. The van der Waals surface area contributed by atoms with Crippen molar-refractivity contribution in [3.63, 3.8) is 0 Å². The molecule has 3 aliphatic rings. The molecule has 136 valence electrons. The summed E-state index contributed by atoms with van der Waals surface area (Å²) < 4.78 is 34.3. The first-order valence-electron chi connectivity index (χ1n) is 9.41. The molecule has 0 amide bonds.